The van der Waals surface area contributed by atoms with Gasteiger partial charge in [0.2, 0.25) is 0 Å². The van der Waals surface area contributed by atoms with E-state index in [2.05, 4.69) is 14.9 Å². The van der Waals surface area contributed by atoms with Gasteiger partial charge in [-0.1, -0.05) is 11.6 Å². The van der Waals surface area contributed by atoms with Crippen molar-refractivity contribution in [1.29, 1.82) is 0 Å². The van der Waals surface area contributed by atoms with Gasteiger partial charge in [0.25, 0.3) is 0 Å². The van der Waals surface area contributed by atoms with Crippen molar-refractivity contribution < 1.29 is 9.53 Å². The molecule has 0 saturated heterocycles. The van der Waals surface area contributed by atoms with Crippen molar-refractivity contribution in [1.82, 2.24) is 14.8 Å². The van der Waals surface area contributed by atoms with Crippen molar-refractivity contribution in [3.05, 3.63) is 45.6 Å². The van der Waals surface area contributed by atoms with E-state index in [0.29, 0.717) is 5.69 Å². The fourth-order valence-electron chi connectivity index (χ4n) is 1.36. The van der Waals surface area contributed by atoms with Crippen LogP contribution in [0, 0.1) is 0 Å². The Bertz CT molecular complexity index is 617. The summed E-state index contributed by atoms with van der Waals surface area (Å²) in [5.41, 5.74) is 0.378. The van der Waals surface area contributed by atoms with Gasteiger partial charge in [0, 0.05) is 0 Å². The first-order chi connectivity index (χ1) is 8.13. The number of benzene rings is 1. The van der Waals surface area contributed by atoms with Crippen LogP contribution >= 0.6 is 11.6 Å². The lowest BCUT2D eigenvalue weighted by Gasteiger charge is -2.05. The van der Waals surface area contributed by atoms with Crippen LogP contribution in [0.15, 0.2) is 29.3 Å². The number of aromatic amines is 1. The monoisotopic (exact) mass is 253 g/mol. The van der Waals surface area contributed by atoms with Crippen LogP contribution in [0.4, 0.5) is 0 Å². The van der Waals surface area contributed by atoms with Gasteiger partial charge in [0.15, 0.2) is 0 Å². The highest BCUT2D eigenvalue weighted by Crippen LogP contribution is 2.20. The molecule has 0 aliphatic heterocycles. The lowest BCUT2D eigenvalue weighted by Crippen LogP contribution is -2.14. The summed E-state index contributed by atoms with van der Waals surface area (Å²) in [6.45, 7) is 0. The van der Waals surface area contributed by atoms with E-state index in [1.807, 2.05) is 0 Å². The summed E-state index contributed by atoms with van der Waals surface area (Å²) in [4.78, 5) is 22.6. The SMILES string of the molecule is COC(=O)c1ccc(-n2cn[nH]c2=O)cc1Cl. The average Bonchev–Trinajstić information content (AvgIpc) is 2.74. The van der Waals surface area contributed by atoms with Gasteiger partial charge in [-0.2, -0.15) is 5.10 Å². The second-order valence-electron chi connectivity index (χ2n) is 3.19. The van der Waals surface area contributed by atoms with Crippen LogP contribution in [0.2, 0.25) is 5.02 Å². The number of H-pyrrole nitrogens is 1. The Morgan fingerprint density at radius 1 is 1.53 bits per heavy atom. The van der Waals surface area contributed by atoms with Gasteiger partial charge >= 0.3 is 11.7 Å². The molecule has 2 aromatic rings. The zero-order valence-corrected chi connectivity index (χ0v) is 9.56. The molecule has 0 saturated carbocycles. The minimum absolute atomic E-state index is 0.211. The van der Waals surface area contributed by atoms with Crippen LogP contribution in [0.3, 0.4) is 0 Å². The van der Waals surface area contributed by atoms with E-state index in [1.54, 1.807) is 6.07 Å². The maximum absolute atomic E-state index is 11.3. The number of rotatable bonds is 2. The van der Waals surface area contributed by atoms with Crippen molar-refractivity contribution in [2.24, 2.45) is 0 Å². The molecule has 2 rings (SSSR count). The average molecular weight is 254 g/mol. The second-order valence-corrected chi connectivity index (χ2v) is 3.59. The van der Waals surface area contributed by atoms with Gasteiger partial charge < -0.3 is 4.74 Å². The molecule has 6 nitrogen and oxygen atoms in total. The molecule has 7 heteroatoms. The Morgan fingerprint density at radius 3 is 2.82 bits per heavy atom. The number of hydrogen-bond acceptors (Lipinski definition) is 4. The van der Waals surface area contributed by atoms with Crippen molar-refractivity contribution in [3.63, 3.8) is 0 Å². The van der Waals surface area contributed by atoms with Gasteiger partial charge in [-0.3, -0.25) is 0 Å². The molecule has 17 heavy (non-hydrogen) atoms. The summed E-state index contributed by atoms with van der Waals surface area (Å²) in [6, 6.07) is 4.56. The highest BCUT2D eigenvalue weighted by atomic mass is 35.5. The molecule has 0 aliphatic rings. The topological polar surface area (TPSA) is 77.0 Å². The second kappa shape index (κ2) is 4.42. The number of aromatic nitrogens is 3. The Morgan fingerprint density at radius 2 is 2.29 bits per heavy atom. The number of nitrogens with zero attached hydrogens (tertiary/aromatic N) is 2. The predicted octanol–water partition coefficient (Wildman–Crippen LogP) is 1.00. The van der Waals surface area contributed by atoms with E-state index < -0.39 is 5.97 Å². The molecule has 0 aliphatic carbocycles. The number of hydrogen-bond donors (Lipinski definition) is 1. The van der Waals surface area contributed by atoms with Gasteiger partial charge in [-0.25, -0.2) is 19.3 Å². The van der Waals surface area contributed by atoms with Gasteiger partial charge in [-0.05, 0) is 18.2 Å². The first-order valence-corrected chi connectivity index (χ1v) is 5.01. The summed E-state index contributed by atoms with van der Waals surface area (Å²) >= 11 is 5.93. The quantitative estimate of drug-likeness (QED) is 0.810. The molecule has 0 radical (unpaired) electrons. The minimum Gasteiger partial charge on any atom is -0.465 e. The predicted molar refractivity (Wildman–Crippen MR) is 60.5 cm³/mol. The summed E-state index contributed by atoms with van der Waals surface area (Å²) in [7, 11) is 1.27. The molecule has 88 valence electrons. The third-order valence-electron chi connectivity index (χ3n) is 2.19. The van der Waals surface area contributed by atoms with Crippen LogP contribution in [0.25, 0.3) is 5.69 Å². The van der Waals surface area contributed by atoms with Gasteiger partial charge in [0.05, 0.1) is 23.4 Å². The molecule has 0 bridgehead atoms. The van der Waals surface area contributed by atoms with Gasteiger partial charge in [0.1, 0.15) is 6.33 Å². The molecule has 0 unspecified atom stereocenters. The zero-order valence-electron chi connectivity index (χ0n) is 8.81. The normalized spacial score (nSPS) is 10.2. The Labute approximate surface area is 101 Å². The number of ether oxygens (including phenoxy) is 1. The van der Waals surface area contributed by atoms with Crippen molar-refractivity contribution >= 4 is 17.6 Å². The molecule has 0 atom stereocenters. The molecule has 1 aromatic carbocycles. The molecular weight excluding hydrogens is 246 g/mol. The highest BCUT2D eigenvalue weighted by molar-refractivity contribution is 6.33. The van der Waals surface area contributed by atoms with Crippen molar-refractivity contribution in [2.75, 3.05) is 7.11 Å². The maximum Gasteiger partial charge on any atom is 0.347 e. The fourth-order valence-corrected chi connectivity index (χ4v) is 1.61. The highest BCUT2D eigenvalue weighted by Gasteiger charge is 2.12. The van der Waals surface area contributed by atoms with Crippen molar-refractivity contribution in [2.45, 2.75) is 0 Å². The van der Waals surface area contributed by atoms with E-state index in [9.17, 15) is 9.59 Å². The van der Waals surface area contributed by atoms with E-state index in [0.717, 1.165) is 0 Å². The van der Waals surface area contributed by atoms with E-state index in [4.69, 9.17) is 11.6 Å². The molecule has 1 aromatic heterocycles. The lowest BCUT2D eigenvalue weighted by molar-refractivity contribution is 0.0601. The third kappa shape index (κ3) is 2.07. The Hall–Kier alpha value is -2.08. The molecule has 1 heterocycles. The standard InChI is InChI=1S/C10H8ClN3O3/c1-17-9(15)7-3-2-6(4-8(7)11)14-5-12-13-10(14)16/h2-5H,1H3,(H,13,16). The largest absolute Gasteiger partial charge is 0.465 e. The first kappa shape index (κ1) is 11.4. The van der Waals surface area contributed by atoms with Gasteiger partial charge in [-0.15, -0.1) is 0 Å². The number of esters is 1. The molecule has 0 amide bonds. The zero-order chi connectivity index (χ0) is 12.4. The number of nitrogens with one attached hydrogen (secondary N) is 1. The molecule has 1 N–H and O–H groups in total. The van der Waals surface area contributed by atoms with E-state index in [1.165, 1.54) is 30.1 Å². The van der Waals surface area contributed by atoms with E-state index in [-0.39, 0.29) is 16.3 Å². The van der Waals surface area contributed by atoms with Crippen LogP contribution < -0.4 is 5.69 Å². The molecule has 0 fully saturated rings. The van der Waals surface area contributed by atoms with Crippen LogP contribution in [-0.4, -0.2) is 27.8 Å². The van der Waals surface area contributed by atoms with Crippen LogP contribution in [-0.2, 0) is 4.74 Å². The van der Waals surface area contributed by atoms with Crippen LogP contribution in [0.1, 0.15) is 10.4 Å². The lowest BCUT2D eigenvalue weighted by atomic mass is 10.2. The summed E-state index contributed by atoms with van der Waals surface area (Å²) in [5.74, 6) is -0.527. The minimum atomic E-state index is -0.527. The Kier molecular flexibility index (Phi) is 2.97. The van der Waals surface area contributed by atoms with Crippen molar-refractivity contribution in [3.8, 4) is 5.69 Å². The number of methoxy groups -OCH3 is 1. The number of carbonyl (C=O) groups is 1. The Balaban J connectivity index is 2.48. The van der Waals surface area contributed by atoms with E-state index >= 15 is 0 Å². The first-order valence-electron chi connectivity index (χ1n) is 4.63. The summed E-state index contributed by atoms with van der Waals surface area (Å²) in [5, 5.41) is 6.06. The maximum atomic E-state index is 11.3. The van der Waals surface area contributed by atoms with Crippen LogP contribution in [0.5, 0.6) is 0 Å². The smallest absolute Gasteiger partial charge is 0.347 e. The third-order valence-corrected chi connectivity index (χ3v) is 2.50. The summed E-state index contributed by atoms with van der Waals surface area (Å²) < 4.78 is 5.83. The molecular formula is C10H8ClN3O3. The summed E-state index contributed by atoms with van der Waals surface area (Å²) in [6.07, 6.45) is 1.33. The fraction of sp³-hybridized carbons (Fsp3) is 0.100. The number of carbonyl (C=O) groups excluding carboxylic acids is 1. The number of halogens is 1. The molecule has 0 spiro atoms.